The number of aromatic hydroxyl groups is 1. The van der Waals surface area contributed by atoms with Crippen molar-refractivity contribution >= 4 is 5.91 Å². The molecule has 0 saturated carbocycles. The summed E-state index contributed by atoms with van der Waals surface area (Å²) in [6.45, 7) is 0.751. The molecule has 2 N–H and O–H groups in total. The summed E-state index contributed by atoms with van der Waals surface area (Å²) in [6.07, 6.45) is 0.838. The number of β-amino-alcohol motifs (C(OH)–C–C–N with tert-alkyl or cyclic N) is 1. The summed E-state index contributed by atoms with van der Waals surface area (Å²) in [6, 6.07) is 3.26. The van der Waals surface area contributed by atoms with Crippen LogP contribution in [-0.4, -0.2) is 40.2 Å². The highest BCUT2D eigenvalue weighted by molar-refractivity contribution is 5.96. The minimum absolute atomic E-state index is 0.0564. The first-order valence-electron chi connectivity index (χ1n) is 5.54. The Morgan fingerprint density at radius 1 is 1.47 bits per heavy atom. The second kappa shape index (κ2) is 4.71. The second-order valence-electron chi connectivity index (χ2n) is 4.21. The number of nitrogens with zero attached hydrogens (tertiary/aromatic N) is 1. The highest BCUT2D eigenvalue weighted by Crippen LogP contribution is 2.21. The number of phenols is 1. The number of aliphatic hydroxyl groups excluding tert-OH is 1. The fourth-order valence-electron chi connectivity index (χ4n) is 1.99. The molecule has 0 spiro atoms. The molecule has 0 radical (unpaired) electrons. The molecular weight excluding hydrogens is 225 g/mol. The zero-order valence-electron chi connectivity index (χ0n) is 9.27. The molecule has 1 aromatic rings. The van der Waals surface area contributed by atoms with Crippen molar-refractivity contribution in [3.63, 3.8) is 0 Å². The number of halogens is 1. The van der Waals surface area contributed by atoms with Gasteiger partial charge in [0.1, 0.15) is 11.6 Å². The van der Waals surface area contributed by atoms with Crippen LogP contribution in [0.15, 0.2) is 18.2 Å². The van der Waals surface area contributed by atoms with Crippen molar-refractivity contribution in [3.05, 3.63) is 29.6 Å². The summed E-state index contributed by atoms with van der Waals surface area (Å²) in [5.74, 6) is -1.25. The van der Waals surface area contributed by atoms with Gasteiger partial charge in [0.2, 0.25) is 0 Å². The lowest BCUT2D eigenvalue weighted by atomic mass is 10.1. The molecule has 1 saturated heterocycles. The topological polar surface area (TPSA) is 60.8 Å². The van der Waals surface area contributed by atoms with E-state index in [1.165, 1.54) is 4.90 Å². The Labute approximate surface area is 98.3 Å². The highest BCUT2D eigenvalue weighted by Gasteiger charge is 2.24. The maximum absolute atomic E-state index is 13.0. The fraction of sp³-hybridized carbons (Fsp3) is 0.417. The molecule has 1 aliphatic heterocycles. The maximum atomic E-state index is 13.0. The number of carbonyl (C=O) groups excluding carboxylic acids is 1. The fourth-order valence-corrected chi connectivity index (χ4v) is 1.99. The largest absolute Gasteiger partial charge is 0.507 e. The summed E-state index contributed by atoms with van der Waals surface area (Å²) >= 11 is 0. The van der Waals surface area contributed by atoms with Crippen LogP contribution in [0, 0.1) is 5.82 Å². The van der Waals surface area contributed by atoms with Crippen LogP contribution in [0.3, 0.4) is 0 Å². The Balaban J connectivity index is 2.21. The summed E-state index contributed by atoms with van der Waals surface area (Å²) in [5.41, 5.74) is -0.0564. The lowest BCUT2D eigenvalue weighted by Crippen LogP contribution is -2.42. The van der Waals surface area contributed by atoms with Gasteiger partial charge >= 0.3 is 0 Å². The number of hydrogen-bond donors (Lipinski definition) is 2. The number of rotatable bonds is 1. The molecule has 1 amide bonds. The highest BCUT2D eigenvalue weighted by atomic mass is 19.1. The van der Waals surface area contributed by atoms with E-state index >= 15 is 0 Å². The van der Waals surface area contributed by atoms with E-state index in [1.807, 2.05) is 0 Å². The summed E-state index contributed by atoms with van der Waals surface area (Å²) < 4.78 is 13.0. The lowest BCUT2D eigenvalue weighted by molar-refractivity contribution is 0.0471. The van der Waals surface area contributed by atoms with Gasteiger partial charge in [-0.25, -0.2) is 4.39 Å². The summed E-state index contributed by atoms with van der Waals surface area (Å²) in [5, 5.41) is 19.0. The molecule has 1 atom stereocenters. The molecule has 2 rings (SSSR count). The van der Waals surface area contributed by atoms with Crippen LogP contribution in [0.4, 0.5) is 4.39 Å². The number of benzene rings is 1. The van der Waals surface area contributed by atoms with E-state index < -0.39 is 17.8 Å². The van der Waals surface area contributed by atoms with Gasteiger partial charge in [-0.05, 0) is 31.0 Å². The number of likely N-dealkylation sites (tertiary alicyclic amines) is 1. The maximum Gasteiger partial charge on any atom is 0.257 e. The van der Waals surface area contributed by atoms with E-state index in [0.717, 1.165) is 18.2 Å². The Bertz CT molecular complexity index is 436. The third-order valence-corrected chi connectivity index (χ3v) is 2.87. The van der Waals surface area contributed by atoms with Crippen molar-refractivity contribution in [2.75, 3.05) is 13.1 Å². The number of amides is 1. The van der Waals surface area contributed by atoms with Crippen molar-refractivity contribution in [3.8, 4) is 5.75 Å². The van der Waals surface area contributed by atoms with E-state index in [-0.39, 0.29) is 17.9 Å². The minimum atomic E-state index is -0.566. The first-order valence-corrected chi connectivity index (χ1v) is 5.54. The third-order valence-electron chi connectivity index (χ3n) is 2.87. The van der Waals surface area contributed by atoms with E-state index in [9.17, 15) is 19.4 Å². The Kier molecular flexibility index (Phi) is 3.28. The van der Waals surface area contributed by atoms with Gasteiger partial charge in [0, 0.05) is 13.1 Å². The molecule has 0 unspecified atom stereocenters. The third kappa shape index (κ3) is 2.55. The molecule has 0 aromatic heterocycles. The van der Waals surface area contributed by atoms with E-state index in [0.29, 0.717) is 19.4 Å². The van der Waals surface area contributed by atoms with Gasteiger partial charge in [-0.1, -0.05) is 0 Å². The van der Waals surface area contributed by atoms with Crippen LogP contribution in [-0.2, 0) is 0 Å². The first kappa shape index (κ1) is 11.9. The molecule has 1 aromatic carbocycles. The molecule has 0 aliphatic carbocycles. The smallest absolute Gasteiger partial charge is 0.257 e. The Morgan fingerprint density at radius 3 is 2.94 bits per heavy atom. The van der Waals surface area contributed by atoms with E-state index in [2.05, 4.69) is 0 Å². The zero-order chi connectivity index (χ0) is 12.4. The predicted octanol–water partition coefficient (Wildman–Crippen LogP) is 1.13. The van der Waals surface area contributed by atoms with Crippen molar-refractivity contribution in [2.45, 2.75) is 18.9 Å². The van der Waals surface area contributed by atoms with Crippen molar-refractivity contribution in [1.29, 1.82) is 0 Å². The molecular formula is C12H14FNO3. The van der Waals surface area contributed by atoms with Gasteiger partial charge in [-0.3, -0.25) is 4.79 Å². The van der Waals surface area contributed by atoms with Crippen molar-refractivity contribution in [2.24, 2.45) is 0 Å². The van der Waals surface area contributed by atoms with Gasteiger partial charge in [0.05, 0.1) is 11.7 Å². The van der Waals surface area contributed by atoms with Gasteiger partial charge in [-0.2, -0.15) is 0 Å². The van der Waals surface area contributed by atoms with Gasteiger partial charge < -0.3 is 15.1 Å². The molecule has 92 valence electrons. The molecule has 5 heteroatoms. The van der Waals surface area contributed by atoms with E-state index in [1.54, 1.807) is 0 Å². The quantitative estimate of drug-likeness (QED) is 0.772. The predicted molar refractivity (Wildman–Crippen MR) is 59.2 cm³/mol. The average molecular weight is 239 g/mol. The molecule has 1 fully saturated rings. The number of aliphatic hydroxyl groups is 1. The summed E-state index contributed by atoms with van der Waals surface area (Å²) in [4.78, 5) is 13.4. The second-order valence-corrected chi connectivity index (χ2v) is 4.21. The number of piperidine rings is 1. The normalized spacial score (nSPS) is 20.4. The molecule has 0 bridgehead atoms. The average Bonchev–Trinajstić information content (AvgIpc) is 2.31. The number of phenolic OH excluding ortho intramolecular Hbond substituents is 1. The van der Waals surface area contributed by atoms with Gasteiger partial charge in [0.25, 0.3) is 5.91 Å². The van der Waals surface area contributed by atoms with Crippen LogP contribution in [0.25, 0.3) is 0 Å². The number of carbonyl (C=O) groups is 1. The van der Waals surface area contributed by atoms with Crippen LogP contribution in [0.2, 0.25) is 0 Å². The van der Waals surface area contributed by atoms with Crippen LogP contribution >= 0.6 is 0 Å². The summed E-state index contributed by atoms with van der Waals surface area (Å²) in [7, 11) is 0. The molecule has 4 nitrogen and oxygen atoms in total. The monoisotopic (exact) mass is 239 g/mol. The Morgan fingerprint density at radius 2 is 2.24 bits per heavy atom. The molecule has 1 aliphatic rings. The lowest BCUT2D eigenvalue weighted by Gasteiger charge is -2.30. The Hall–Kier alpha value is -1.62. The van der Waals surface area contributed by atoms with Crippen LogP contribution < -0.4 is 0 Å². The molecule has 1 heterocycles. The zero-order valence-corrected chi connectivity index (χ0v) is 9.27. The SMILES string of the molecule is O=C(c1cc(F)ccc1O)N1CCC[C@H](O)C1. The standard InChI is InChI=1S/C12H14FNO3/c13-8-3-4-11(16)10(6-8)12(17)14-5-1-2-9(15)7-14/h3-4,6,9,15-16H,1-2,5,7H2/t9-/m0/s1. The van der Waals surface area contributed by atoms with Crippen LogP contribution in [0.1, 0.15) is 23.2 Å². The minimum Gasteiger partial charge on any atom is -0.507 e. The van der Waals surface area contributed by atoms with E-state index in [4.69, 9.17) is 0 Å². The van der Waals surface area contributed by atoms with Gasteiger partial charge in [-0.15, -0.1) is 0 Å². The van der Waals surface area contributed by atoms with Gasteiger partial charge in [0.15, 0.2) is 0 Å². The van der Waals surface area contributed by atoms with Crippen molar-refractivity contribution < 1.29 is 19.4 Å². The van der Waals surface area contributed by atoms with Crippen LogP contribution in [0.5, 0.6) is 5.75 Å². The number of hydrogen-bond acceptors (Lipinski definition) is 3. The van der Waals surface area contributed by atoms with Crippen molar-refractivity contribution in [1.82, 2.24) is 4.90 Å². The molecule has 17 heavy (non-hydrogen) atoms. The first-order chi connectivity index (χ1) is 8.08.